The summed E-state index contributed by atoms with van der Waals surface area (Å²) in [4.78, 5) is 16.4. The lowest BCUT2D eigenvalue weighted by Crippen LogP contribution is -2.57. The van der Waals surface area contributed by atoms with E-state index in [0.717, 1.165) is 32.6 Å². The standard InChI is InChI=1S/C14H31N3O2/c1-7-15-14(3,13(18)19-6)12-17(8-2)11-9-10-16(4)5/h15H,7-12H2,1-6H3. The Morgan fingerprint density at radius 3 is 2.32 bits per heavy atom. The van der Waals surface area contributed by atoms with E-state index in [1.807, 2.05) is 13.8 Å². The summed E-state index contributed by atoms with van der Waals surface area (Å²) in [6, 6.07) is 0. The van der Waals surface area contributed by atoms with Gasteiger partial charge in [-0.2, -0.15) is 0 Å². The van der Waals surface area contributed by atoms with Gasteiger partial charge in [-0.15, -0.1) is 0 Å². The predicted molar refractivity (Wildman–Crippen MR) is 79.4 cm³/mol. The molecule has 1 N–H and O–H groups in total. The molecule has 0 amide bonds. The maximum atomic E-state index is 11.9. The fourth-order valence-electron chi connectivity index (χ4n) is 2.21. The minimum absolute atomic E-state index is 0.194. The van der Waals surface area contributed by atoms with Crippen LogP contribution in [0.5, 0.6) is 0 Å². The third-order valence-corrected chi connectivity index (χ3v) is 3.27. The summed E-state index contributed by atoms with van der Waals surface area (Å²) in [5, 5.41) is 3.25. The molecule has 0 spiro atoms. The molecule has 5 nitrogen and oxygen atoms in total. The third-order valence-electron chi connectivity index (χ3n) is 3.27. The summed E-state index contributed by atoms with van der Waals surface area (Å²) >= 11 is 0. The highest BCUT2D eigenvalue weighted by Crippen LogP contribution is 2.10. The lowest BCUT2D eigenvalue weighted by atomic mass is 10.0. The second kappa shape index (κ2) is 9.28. The molecule has 0 radical (unpaired) electrons. The lowest BCUT2D eigenvalue weighted by Gasteiger charge is -2.33. The van der Waals surface area contributed by atoms with Crippen LogP contribution in [0.4, 0.5) is 0 Å². The van der Waals surface area contributed by atoms with Crippen molar-refractivity contribution in [2.24, 2.45) is 0 Å². The van der Waals surface area contributed by atoms with Crippen molar-refractivity contribution in [3.8, 4) is 0 Å². The van der Waals surface area contributed by atoms with Crippen LogP contribution in [0, 0.1) is 0 Å². The van der Waals surface area contributed by atoms with E-state index in [9.17, 15) is 4.79 Å². The molecule has 5 heteroatoms. The molecule has 0 aromatic carbocycles. The SMILES string of the molecule is CCNC(C)(CN(CC)CCCN(C)C)C(=O)OC. The fourth-order valence-corrected chi connectivity index (χ4v) is 2.21. The molecular weight excluding hydrogens is 242 g/mol. The average Bonchev–Trinajstić information content (AvgIpc) is 2.36. The van der Waals surface area contributed by atoms with E-state index in [0.29, 0.717) is 6.54 Å². The van der Waals surface area contributed by atoms with E-state index < -0.39 is 5.54 Å². The van der Waals surface area contributed by atoms with Gasteiger partial charge in [-0.05, 0) is 53.6 Å². The van der Waals surface area contributed by atoms with E-state index >= 15 is 0 Å². The summed E-state index contributed by atoms with van der Waals surface area (Å²) in [7, 11) is 5.60. The molecule has 0 aliphatic carbocycles. The zero-order valence-electron chi connectivity index (χ0n) is 13.5. The van der Waals surface area contributed by atoms with Gasteiger partial charge in [0, 0.05) is 6.54 Å². The molecule has 0 fully saturated rings. The van der Waals surface area contributed by atoms with Crippen LogP contribution in [0.15, 0.2) is 0 Å². The third kappa shape index (κ3) is 6.89. The van der Waals surface area contributed by atoms with Gasteiger partial charge in [-0.25, -0.2) is 0 Å². The molecule has 114 valence electrons. The Kier molecular flexibility index (Phi) is 8.97. The molecular formula is C14H31N3O2. The minimum atomic E-state index is -0.627. The van der Waals surface area contributed by atoms with E-state index in [2.05, 4.69) is 36.1 Å². The Balaban J connectivity index is 4.47. The summed E-state index contributed by atoms with van der Waals surface area (Å²) in [6.07, 6.45) is 1.10. The van der Waals surface area contributed by atoms with Gasteiger partial charge in [0.1, 0.15) is 5.54 Å². The van der Waals surface area contributed by atoms with Crippen LogP contribution in [0.3, 0.4) is 0 Å². The summed E-state index contributed by atoms with van der Waals surface area (Å²) in [5.41, 5.74) is -0.627. The molecule has 0 aromatic heterocycles. The van der Waals surface area contributed by atoms with Crippen LogP contribution >= 0.6 is 0 Å². The molecule has 1 atom stereocenters. The van der Waals surface area contributed by atoms with Gasteiger partial charge in [-0.1, -0.05) is 13.8 Å². The molecule has 0 aliphatic heterocycles. The van der Waals surface area contributed by atoms with Gasteiger partial charge in [0.15, 0.2) is 0 Å². The van der Waals surface area contributed by atoms with E-state index in [-0.39, 0.29) is 5.97 Å². The van der Waals surface area contributed by atoms with Crippen molar-refractivity contribution in [1.29, 1.82) is 0 Å². The summed E-state index contributed by atoms with van der Waals surface area (Å²) < 4.78 is 4.92. The predicted octanol–water partition coefficient (Wildman–Crippen LogP) is 0.801. The van der Waals surface area contributed by atoms with Crippen LogP contribution in [0.2, 0.25) is 0 Å². The van der Waals surface area contributed by atoms with E-state index in [4.69, 9.17) is 4.74 Å². The molecule has 0 saturated heterocycles. The number of carbonyl (C=O) groups is 1. The molecule has 0 aliphatic rings. The van der Waals surface area contributed by atoms with Crippen molar-refractivity contribution in [3.63, 3.8) is 0 Å². The van der Waals surface area contributed by atoms with Crippen molar-refractivity contribution in [2.75, 3.05) is 53.9 Å². The van der Waals surface area contributed by atoms with Crippen molar-refractivity contribution >= 4 is 5.97 Å². The Morgan fingerprint density at radius 2 is 1.89 bits per heavy atom. The number of ether oxygens (including phenoxy) is 1. The van der Waals surface area contributed by atoms with Crippen LogP contribution in [0.25, 0.3) is 0 Å². The number of methoxy groups -OCH3 is 1. The first kappa shape index (κ1) is 18.4. The molecule has 1 unspecified atom stereocenters. The van der Waals surface area contributed by atoms with Crippen LogP contribution < -0.4 is 5.32 Å². The highest BCUT2D eigenvalue weighted by molar-refractivity contribution is 5.80. The van der Waals surface area contributed by atoms with Gasteiger partial charge >= 0.3 is 5.97 Å². The zero-order chi connectivity index (χ0) is 14.9. The first-order valence-electron chi connectivity index (χ1n) is 7.10. The monoisotopic (exact) mass is 273 g/mol. The number of nitrogens with zero attached hydrogens (tertiary/aromatic N) is 2. The number of carbonyl (C=O) groups excluding carboxylic acids is 1. The Bertz CT molecular complexity index is 259. The Morgan fingerprint density at radius 1 is 1.26 bits per heavy atom. The zero-order valence-corrected chi connectivity index (χ0v) is 13.5. The maximum absolute atomic E-state index is 11.9. The van der Waals surface area contributed by atoms with Crippen LogP contribution in [-0.2, 0) is 9.53 Å². The first-order valence-corrected chi connectivity index (χ1v) is 7.10. The summed E-state index contributed by atoms with van der Waals surface area (Å²) in [6.45, 7) is 10.5. The maximum Gasteiger partial charge on any atom is 0.327 e. The lowest BCUT2D eigenvalue weighted by molar-refractivity contribution is -0.148. The fraction of sp³-hybridized carbons (Fsp3) is 0.929. The van der Waals surface area contributed by atoms with Crippen molar-refractivity contribution < 1.29 is 9.53 Å². The number of nitrogens with one attached hydrogen (secondary N) is 1. The molecule has 0 rings (SSSR count). The van der Waals surface area contributed by atoms with Gasteiger partial charge < -0.3 is 19.9 Å². The van der Waals surface area contributed by atoms with Crippen molar-refractivity contribution in [3.05, 3.63) is 0 Å². The van der Waals surface area contributed by atoms with Gasteiger partial charge in [0.05, 0.1) is 7.11 Å². The van der Waals surface area contributed by atoms with Gasteiger partial charge in [0.25, 0.3) is 0 Å². The van der Waals surface area contributed by atoms with Crippen LogP contribution in [-0.4, -0.2) is 75.2 Å². The van der Waals surface area contributed by atoms with Crippen molar-refractivity contribution in [1.82, 2.24) is 15.1 Å². The second-order valence-corrected chi connectivity index (χ2v) is 5.38. The molecule has 0 bridgehead atoms. The van der Waals surface area contributed by atoms with Crippen molar-refractivity contribution in [2.45, 2.75) is 32.7 Å². The number of esters is 1. The molecule has 19 heavy (non-hydrogen) atoms. The number of hydrogen-bond donors (Lipinski definition) is 1. The first-order chi connectivity index (χ1) is 8.89. The molecule has 0 saturated carbocycles. The normalized spacial score (nSPS) is 14.7. The summed E-state index contributed by atoms with van der Waals surface area (Å²) in [5.74, 6) is -0.194. The number of rotatable bonds is 10. The smallest absolute Gasteiger partial charge is 0.327 e. The highest BCUT2D eigenvalue weighted by atomic mass is 16.5. The quantitative estimate of drug-likeness (QED) is 0.597. The second-order valence-electron chi connectivity index (χ2n) is 5.38. The molecule has 0 aromatic rings. The Hall–Kier alpha value is -0.650. The Labute approximate surface area is 118 Å². The molecule has 0 heterocycles. The minimum Gasteiger partial charge on any atom is -0.468 e. The van der Waals surface area contributed by atoms with E-state index in [1.54, 1.807) is 0 Å². The van der Waals surface area contributed by atoms with Gasteiger partial charge in [0.2, 0.25) is 0 Å². The topological polar surface area (TPSA) is 44.8 Å². The highest BCUT2D eigenvalue weighted by Gasteiger charge is 2.34. The number of likely N-dealkylation sites (N-methyl/N-ethyl adjacent to an activating group) is 2. The largest absolute Gasteiger partial charge is 0.468 e. The number of hydrogen-bond acceptors (Lipinski definition) is 5. The van der Waals surface area contributed by atoms with E-state index in [1.165, 1.54) is 7.11 Å². The van der Waals surface area contributed by atoms with Crippen LogP contribution in [0.1, 0.15) is 27.2 Å². The van der Waals surface area contributed by atoms with Gasteiger partial charge in [-0.3, -0.25) is 4.79 Å². The average molecular weight is 273 g/mol.